The number of nitrogens with zero attached hydrogens (tertiary/aromatic N) is 4. The van der Waals surface area contributed by atoms with Crippen molar-refractivity contribution in [1.82, 2.24) is 19.7 Å². The molecule has 1 saturated heterocycles. The molecule has 0 atom stereocenters. The summed E-state index contributed by atoms with van der Waals surface area (Å²) in [6, 6.07) is 17.1. The number of hydrogen-bond acceptors (Lipinski definition) is 6. The molecule has 2 amide bonds. The lowest BCUT2D eigenvalue weighted by Crippen LogP contribution is -2.32. The van der Waals surface area contributed by atoms with E-state index in [0.29, 0.717) is 30.2 Å². The van der Waals surface area contributed by atoms with E-state index in [4.69, 9.17) is 4.74 Å². The molecule has 2 aromatic heterocycles. The predicted molar refractivity (Wildman–Crippen MR) is 138 cm³/mol. The molecule has 3 heterocycles. The lowest BCUT2D eigenvalue weighted by atomic mass is 10.0. The van der Waals surface area contributed by atoms with Gasteiger partial charge in [-0.2, -0.15) is 9.78 Å². The number of aromatic nitrogens is 3. The summed E-state index contributed by atoms with van der Waals surface area (Å²) in [6.07, 6.45) is 4.61. The Morgan fingerprint density at radius 2 is 1.76 bits per heavy atom. The Bertz CT molecular complexity index is 1530. The summed E-state index contributed by atoms with van der Waals surface area (Å²) in [4.78, 5) is 43.9. The van der Waals surface area contributed by atoms with Crippen molar-refractivity contribution < 1.29 is 18.7 Å². The fourth-order valence-corrected chi connectivity index (χ4v) is 4.17. The maximum Gasteiger partial charge on any atom is 0.323 e. The van der Waals surface area contributed by atoms with Gasteiger partial charge in [0, 0.05) is 38.0 Å². The van der Waals surface area contributed by atoms with E-state index in [1.807, 2.05) is 6.07 Å². The number of ether oxygens (including phenoxy) is 1. The van der Waals surface area contributed by atoms with Gasteiger partial charge < -0.3 is 9.64 Å². The summed E-state index contributed by atoms with van der Waals surface area (Å²) in [5, 5.41) is 6.77. The maximum absolute atomic E-state index is 14.9. The second kappa shape index (κ2) is 11.0. The van der Waals surface area contributed by atoms with Gasteiger partial charge in [-0.3, -0.25) is 14.9 Å². The summed E-state index contributed by atoms with van der Waals surface area (Å²) in [6.45, 7) is 1.40. The molecule has 0 saturated carbocycles. The van der Waals surface area contributed by atoms with E-state index >= 15 is 0 Å². The average molecular weight is 514 g/mol. The Morgan fingerprint density at radius 1 is 0.974 bits per heavy atom. The van der Waals surface area contributed by atoms with Gasteiger partial charge in [0.25, 0.3) is 5.56 Å². The number of benzene rings is 2. The van der Waals surface area contributed by atoms with Gasteiger partial charge in [-0.05, 0) is 54.8 Å². The number of halogens is 1. The van der Waals surface area contributed by atoms with Crippen LogP contribution in [0.4, 0.5) is 15.0 Å². The quantitative estimate of drug-likeness (QED) is 0.362. The Kier molecular flexibility index (Phi) is 7.21. The summed E-state index contributed by atoms with van der Waals surface area (Å²) < 4.78 is 21.7. The second-order valence-electron chi connectivity index (χ2n) is 8.77. The Labute approximate surface area is 217 Å². The average Bonchev–Trinajstić information content (AvgIpc) is 3.47. The van der Waals surface area contributed by atoms with Gasteiger partial charge in [0.2, 0.25) is 0 Å². The summed E-state index contributed by atoms with van der Waals surface area (Å²) in [7, 11) is 0. The molecule has 0 aliphatic carbocycles. The van der Waals surface area contributed by atoms with Crippen LogP contribution in [-0.4, -0.2) is 44.6 Å². The third-order valence-corrected chi connectivity index (χ3v) is 6.10. The van der Waals surface area contributed by atoms with Crippen molar-refractivity contribution in [2.75, 3.05) is 18.4 Å². The van der Waals surface area contributed by atoms with Crippen LogP contribution in [-0.2, 0) is 6.42 Å². The number of nitrogens with one attached hydrogen (secondary N) is 1. The third-order valence-electron chi connectivity index (χ3n) is 6.10. The fourth-order valence-electron chi connectivity index (χ4n) is 4.17. The van der Waals surface area contributed by atoms with Crippen LogP contribution in [0.3, 0.4) is 0 Å². The largest absolute Gasteiger partial charge is 0.454 e. The van der Waals surface area contributed by atoms with Gasteiger partial charge in [-0.1, -0.05) is 24.3 Å². The minimum atomic E-state index is -0.675. The summed E-state index contributed by atoms with van der Waals surface area (Å²) in [5.41, 5.74) is 0.338. The van der Waals surface area contributed by atoms with Crippen LogP contribution in [0.5, 0.6) is 11.5 Å². The zero-order valence-electron chi connectivity index (χ0n) is 20.3. The Hall–Kier alpha value is -4.86. The minimum Gasteiger partial charge on any atom is -0.454 e. The number of urea groups is 1. The van der Waals surface area contributed by atoms with Crippen LogP contribution in [0.2, 0.25) is 0 Å². The molecule has 4 aromatic rings. The van der Waals surface area contributed by atoms with Crippen molar-refractivity contribution in [2.24, 2.45) is 0 Å². The van der Waals surface area contributed by atoms with E-state index in [2.05, 4.69) is 15.4 Å². The van der Waals surface area contributed by atoms with Gasteiger partial charge in [0.1, 0.15) is 11.6 Å². The molecule has 38 heavy (non-hydrogen) atoms. The number of hydrogen-bond donors (Lipinski definition) is 1. The molecule has 0 bridgehead atoms. The summed E-state index contributed by atoms with van der Waals surface area (Å²) >= 11 is 0. The normalized spacial score (nSPS) is 12.8. The smallest absolute Gasteiger partial charge is 0.323 e. The number of ketones is 1. The Balaban J connectivity index is 1.27. The van der Waals surface area contributed by atoms with Crippen LogP contribution >= 0.6 is 0 Å². The first-order chi connectivity index (χ1) is 18.5. The van der Waals surface area contributed by atoms with Gasteiger partial charge in [-0.15, -0.1) is 0 Å². The molecule has 2 aromatic carbocycles. The van der Waals surface area contributed by atoms with E-state index in [9.17, 15) is 18.8 Å². The van der Waals surface area contributed by atoms with Crippen molar-refractivity contribution in [3.8, 4) is 17.2 Å². The van der Waals surface area contributed by atoms with Gasteiger partial charge in [-0.25, -0.2) is 14.2 Å². The number of likely N-dealkylation sites (tertiary alicyclic amines) is 1. The SMILES string of the molecule is O=C(Cc1ccc(Oc2ccnc(NC(=O)N3CCCC3)c2)c(F)c1)c1ccnn(-c2ccccc2)c1=O. The number of anilines is 1. The topological polar surface area (TPSA) is 106 Å². The van der Waals surface area contributed by atoms with E-state index in [0.717, 1.165) is 17.5 Å². The lowest BCUT2D eigenvalue weighted by Gasteiger charge is -2.16. The molecule has 0 radical (unpaired) electrons. The number of para-hydroxylation sites is 1. The predicted octanol–water partition coefficient (Wildman–Crippen LogP) is 4.61. The highest BCUT2D eigenvalue weighted by molar-refractivity contribution is 5.97. The molecule has 5 rings (SSSR count). The van der Waals surface area contributed by atoms with Crippen LogP contribution in [0.15, 0.2) is 83.9 Å². The Morgan fingerprint density at radius 3 is 2.53 bits per heavy atom. The number of carbonyl (C=O) groups is 2. The second-order valence-corrected chi connectivity index (χ2v) is 8.77. The van der Waals surface area contributed by atoms with Crippen molar-refractivity contribution in [2.45, 2.75) is 19.3 Å². The van der Waals surface area contributed by atoms with Crippen molar-refractivity contribution in [3.05, 3.63) is 106 Å². The highest BCUT2D eigenvalue weighted by atomic mass is 19.1. The van der Waals surface area contributed by atoms with Crippen LogP contribution in [0, 0.1) is 5.82 Å². The zero-order chi connectivity index (χ0) is 26.5. The fraction of sp³-hybridized carbons (Fsp3) is 0.179. The van der Waals surface area contributed by atoms with Crippen molar-refractivity contribution in [1.29, 1.82) is 0 Å². The number of pyridine rings is 1. The first-order valence-corrected chi connectivity index (χ1v) is 12.1. The van der Waals surface area contributed by atoms with E-state index < -0.39 is 17.2 Å². The number of carbonyl (C=O) groups excluding carboxylic acids is 2. The zero-order valence-corrected chi connectivity index (χ0v) is 20.3. The van der Waals surface area contributed by atoms with Crippen LogP contribution in [0.1, 0.15) is 28.8 Å². The summed E-state index contributed by atoms with van der Waals surface area (Å²) in [5.74, 6) is -0.605. The van der Waals surface area contributed by atoms with Crippen LogP contribution in [0.25, 0.3) is 5.69 Å². The van der Waals surface area contributed by atoms with Gasteiger partial charge in [0.15, 0.2) is 17.3 Å². The number of amides is 2. The number of rotatable bonds is 7. The van der Waals surface area contributed by atoms with Crippen molar-refractivity contribution in [3.63, 3.8) is 0 Å². The molecular weight excluding hydrogens is 489 g/mol. The molecule has 1 fully saturated rings. The standard InChI is InChI=1S/C28H24FN5O4/c29-23-16-19(17-24(35)22-11-13-31-34(27(22)36)20-6-2-1-3-7-20)8-9-25(23)38-21-10-12-30-26(18-21)32-28(37)33-14-4-5-15-33/h1-3,6-13,16,18H,4-5,14-15,17H2,(H,30,32,37). The minimum absolute atomic E-state index is 0.0371. The molecule has 192 valence electrons. The molecule has 0 spiro atoms. The van der Waals surface area contributed by atoms with E-state index in [-0.39, 0.29) is 29.5 Å². The van der Waals surface area contributed by atoms with Gasteiger partial charge in [0.05, 0.1) is 11.3 Å². The third kappa shape index (κ3) is 5.59. The molecule has 9 nitrogen and oxygen atoms in total. The monoisotopic (exact) mass is 513 g/mol. The highest BCUT2D eigenvalue weighted by Gasteiger charge is 2.19. The molecular formula is C28H24FN5O4. The molecule has 1 aliphatic heterocycles. The lowest BCUT2D eigenvalue weighted by molar-refractivity contribution is 0.0990. The molecule has 10 heteroatoms. The maximum atomic E-state index is 14.9. The van der Waals surface area contributed by atoms with Crippen molar-refractivity contribution >= 4 is 17.6 Å². The van der Waals surface area contributed by atoms with E-state index in [1.54, 1.807) is 41.3 Å². The first-order valence-electron chi connectivity index (χ1n) is 12.1. The molecule has 1 aliphatic rings. The first kappa shape index (κ1) is 24.8. The molecule has 0 unspecified atom stereocenters. The molecule has 1 N–H and O–H groups in total. The van der Waals surface area contributed by atoms with E-state index in [1.165, 1.54) is 36.7 Å². The van der Waals surface area contributed by atoms with Gasteiger partial charge >= 0.3 is 6.03 Å². The highest BCUT2D eigenvalue weighted by Crippen LogP contribution is 2.27. The van der Waals surface area contributed by atoms with Crippen LogP contribution < -0.4 is 15.6 Å². The number of Topliss-reactive ketones (excluding diaryl/α,β-unsaturated/α-hetero) is 1.